The van der Waals surface area contributed by atoms with Crippen molar-refractivity contribution < 1.29 is 0 Å². The van der Waals surface area contributed by atoms with E-state index < -0.39 is 7.26 Å². The van der Waals surface area contributed by atoms with Crippen LogP contribution in [0.3, 0.4) is 0 Å². The third-order valence-electron chi connectivity index (χ3n) is 8.99. The molecule has 0 aliphatic rings. The van der Waals surface area contributed by atoms with Crippen LogP contribution in [0.5, 0.6) is 0 Å². The molecule has 220 valence electrons. The van der Waals surface area contributed by atoms with Gasteiger partial charge in [-0.25, -0.2) is 0 Å². The van der Waals surface area contributed by atoms with Crippen LogP contribution in [0.2, 0.25) is 0 Å². The molecular formula is C35H75P. The number of hydrogen-bond donors (Lipinski definition) is 0. The van der Waals surface area contributed by atoms with Crippen molar-refractivity contribution in [3.63, 3.8) is 0 Å². The third kappa shape index (κ3) is 24.7. The second-order valence-corrected chi connectivity index (χ2v) is 17.6. The van der Waals surface area contributed by atoms with Crippen LogP contribution in [0.1, 0.15) is 201 Å². The summed E-state index contributed by atoms with van der Waals surface area (Å²) in [5.41, 5.74) is 0. The molecule has 0 saturated carbocycles. The Bertz CT molecular complexity index is 349. The molecule has 0 fully saturated rings. The number of unbranched alkanes of at least 4 members (excludes halogenated alkanes) is 23. The summed E-state index contributed by atoms with van der Waals surface area (Å²) in [5, 5.41) is 0. The molecule has 0 aliphatic carbocycles. The van der Waals surface area contributed by atoms with Crippen LogP contribution < -0.4 is 0 Å². The van der Waals surface area contributed by atoms with Gasteiger partial charge in [0.15, 0.2) is 0 Å². The van der Waals surface area contributed by atoms with Gasteiger partial charge in [0.1, 0.15) is 0 Å². The van der Waals surface area contributed by atoms with E-state index in [0.29, 0.717) is 0 Å². The molecule has 0 atom stereocenters. The topological polar surface area (TPSA) is 0 Å². The van der Waals surface area contributed by atoms with Gasteiger partial charge in [-0.2, -0.15) is 0 Å². The van der Waals surface area contributed by atoms with Crippen molar-refractivity contribution in [3.05, 3.63) is 0 Å². The Morgan fingerprint density at radius 1 is 0.222 bits per heavy atom. The molecule has 0 unspecified atom stereocenters. The second kappa shape index (κ2) is 30.0. The summed E-state index contributed by atoms with van der Waals surface area (Å²) in [6, 6.07) is 0. The van der Waals surface area contributed by atoms with Crippen molar-refractivity contribution in [2.45, 2.75) is 201 Å². The second-order valence-electron chi connectivity index (χ2n) is 12.6. The van der Waals surface area contributed by atoms with Gasteiger partial charge >= 0.3 is 233 Å². The zero-order chi connectivity index (χ0) is 26.4. The standard InChI is InChI=1S/C35H75P/c1-5-9-13-17-21-22-23-27-31-35-36(32-28-24-18-14-10-6-2,33-29-25-19-15-11-7-3)34-30-26-20-16-12-8-4/h36H,5-35H2,1-4H3. The van der Waals surface area contributed by atoms with Gasteiger partial charge in [-0.05, 0) is 0 Å². The molecule has 0 heterocycles. The Hall–Kier alpha value is 0.430. The van der Waals surface area contributed by atoms with Crippen LogP contribution in [0.25, 0.3) is 0 Å². The molecule has 0 aliphatic heterocycles. The zero-order valence-corrected chi connectivity index (χ0v) is 27.4. The summed E-state index contributed by atoms with van der Waals surface area (Å²) in [6.07, 6.45) is 46.9. The van der Waals surface area contributed by atoms with Crippen LogP contribution >= 0.6 is 7.26 Å². The van der Waals surface area contributed by atoms with Gasteiger partial charge in [-0.3, -0.25) is 0 Å². The Kier molecular flexibility index (Phi) is 30.3. The van der Waals surface area contributed by atoms with Gasteiger partial charge in [0.25, 0.3) is 0 Å². The minimum atomic E-state index is -1.09. The molecule has 1 heteroatoms. The average molecular weight is 527 g/mol. The van der Waals surface area contributed by atoms with E-state index in [-0.39, 0.29) is 0 Å². The molecule has 0 radical (unpaired) electrons. The Labute approximate surface area is 232 Å². The van der Waals surface area contributed by atoms with Crippen molar-refractivity contribution in [1.82, 2.24) is 0 Å². The van der Waals surface area contributed by atoms with E-state index in [1.807, 2.05) is 0 Å². The molecule has 0 bridgehead atoms. The van der Waals surface area contributed by atoms with Gasteiger partial charge < -0.3 is 0 Å². The molecule has 36 heavy (non-hydrogen) atoms. The molecule has 0 aromatic carbocycles. The van der Waals surface area contributed by atoms with Crippen molar-refractivity contribution in [2.75, 3.05) is 24.6 Å². The summed E-state index contributed by atoms with van der Waals surface area (Å²) in [6.45, 7) is 9.39. The molecule has 0 amide bonds. The maximum atomic E-state index is 2.35. The molecular weight excluding hydrogens is 451 g/mol. The Balaban J connectivity index is 4.72. The molecule has 0 saturated heterocycles. The van der Waals surface area contributed by atoms with Crippen LogP contribution in [0.15, 0.2) is 0 Å². The first-order valence-corrected chi connectivity index (χ1v) is 20.6. The molecule has 0 N–H and O–H groups in total. The van der Waals surface area contributed by atoms with E-state index >= 15 is 0 Å². The van der Waals surface area contributed by atoms with Crippen molar-refractivity contribution in [2.24, 2.45) is 0 Å². The minimum absolute atomic E-state index is 1.09. The molecule has 0 spiro atoms. The predicted molar refractivity (Wildman–Crippen MR) is 175 cm³/mol. The first-order chi connectivity index (χ1) is 17.7. The molecule has 0 aromatic rings. The van der Waals surface area contributed by atoms with E-state index in [4.69, 9.17) is 0 Å². The summed E-state index contributed by atoms with van der Waals surface area (Å²) in [5.74, 6) is 0. The SMILES string of the molecule is CCCCCCCCCCC[PH](CCCCCCCC)(CCCCCCCC)CCCCCCCC. The molecule has 0 nitrogen and oxygen atoms in total. The van der Waals surface area contributed by atoms with Gasteiger partial charge in [-0.1, -0.05) is 0 Å². The molecule has 0 aromatic heterocycles. The van der Waals surface area contributed by atoms with Gasteiger partial charge in [0, 0.05) is 0 Å². The summed E-state index contributed by atoms with van der Waals surface area (Å²) >= 11 is 0. The fraction of sp³-hybridized carbons (Fsp3) is 1.00. The monoisotopic (exact) mass is 527 g/mol. The van der Waals surface area contributed by atoms with Gasteiger partial charge in [0.2, 0.25) is 0 Å². The van der Waals surface area contributed by atoms with E-state index in [1.165, 1.54) is 148 Å². The summed E-state index contributed by atoms with van der Waals surface area (Å²) < 4.78 is 0. The average Bonchev–Trinajstić information content (AvgIpc) is 2.89. The normalized spacial score (nSPS) is 12.4. The molecule has 0 rings (SSSR count). The van der Waals surface area contributed by atoms with Crippen molar-refractivity contribution in [3.8, 4) is 0 Å². The fourth-order valence-electron chi connectivity index (χ4n) is 6.40. The van der Waals surface area contributed by atoms with Crippen LogP contribution in [0, 0.1) is 0 Å². The van der Waals surface area contributed by atoms with Gasteiger partial charge in [0.05, 0.1) is 0 Å². The summed E-state index contributed by atoms with van der Waals surface area (Å²) in [4.78, 5) is 0. The van der Waals surface area contributed by atoms with Crippen LogP contribution in [0.4, 0.5) is 0 Å². The Morgan fingerprint density at radius 3 is 0.583 bits per heavy atom. The first-order valence-electron chi connectivity index (χ1n) is 17.7. The maximum absolute atomic E-state index is 2.35. The van der Waals surface area contributed by atoms with E-state index in [9.17, 15) is 0 Å². The summed E-state index contributed by atoms with van der Waals surface area (Å²) in [7, 11) is -1.09. The number of rotatable bonds is 31. The number of hydrogen-bond acceptors (Lipinski definition) is 0. The van der Waals surface area contributed by atoms with Crippen LogP contribution in [-0.2, 0) is 0 Å². The Morgan fingerprint density at radius 2 is 0.389 bits per heavy atom. The van der Waals surface area contributed by atoms with E-state index in [0.717, 1.165) is 0 Å². The van der Waals surface area contributed by atoms with E-state index in [1.54, 1.807) is 50.3 Å². The van der Waals surface area contributed by atoms with Crippen LogP contribution in [-0.4, -0.2) is 24.6 Å². The van der Waals surface area contributed by atoms with Crippen molar-refractivity contribution >= 4 is 7.26 Å². The zero-order valence-electron chi connectivity index (χ0n) is 26.4. The fourth-order valence-corrected chi connectivity index (χ4v) is 11.9. The third-order valence-corrected chi connectivity index (χ3v) is 14.6. The van der Waals surface area contributed by atoms with Gasteiger partial charge in [-0.15, -0.1) is 0 Å². The van der Waals surface area contributed by atoms with Crippen molar-refractivity contribution in [1.29, 1.82) is 0 Å². The first kappa shape index (κ1) is 36.4. The van der Waals surface area contributed by atoms with E-state index in [2.05, 4.69) is 27.7 Å². The predicted octanol–water partition coefficient (Wildman–Crippen LogP) is 13.3. The quantitative estimate of drug-likeness (QED) is 0.0622.